The van der Waals surface area contributed by atoms with Gasteiger partial charge < -0.3 is 20.1 Å². The maximum absolute atomic E-state index is 12.3. The van der Waals surface area contributed by atoms with E-state index in [1.54, 1.807) is 20.8 Å². The first-order chi connectivity index (χ1) is 11.2. The molecular formula is C17H23BrN2O4. The molecule has 2 N–H and O–H groups in total. The molecule has 0 aliphatic carbocycles. The molecule has 1 heterocycles. The third kappa shape index (κ3) is 4.95. The van der Waals surface area contributed by atoms with Crippen LogP contribution in [0, 0.1) is 5.92 Å². The van der Waals surface area contributed by atoms with E-state index in [9.17, 15) is 14.7 Å². The van der Waals surface area contributed by atoms with Gasteiger partial charge in [-0.2, -0.15) is 0 Å². The van der Waals surface area contributed by atoms with Crippen LogP contribution in [0.4, 0.5) is 4.79 Å². The Morgan fingerprint density at radius 2 is 2.00 bits per heavy atom. The second-order valence-electron chi connectivity index (χ2n) is 6.87. The number of hydrogen-bond acceptors (Lipinski definition) is 4. The highest BCUT2D eigenvalue weighted by molar-refractivity contribution is 9.10. The predicted molar refractivity (Wildman–Crippen MR) is 93.3 cm³/mol. The molecule has 0 radical (unpaired) electrons. The zero-order valence-corrected chi connectivity index (χ0v) is 15.7. The average Bonchev–Trinajstić information content (AvgIpc) is 2.86. The summed E-state index contributed by atoms with van der Waals surface area (Å²) in [5, 5.41) is 12.9. The van der Waals surface area contributed by atoms with E-state index >= 15 is 0 Å². The van der Waals surface area contributed by atoms with Crippen LogP contribution in [0.5, 0.6) is 0 Å². The first-order valence-corrected chi connectivity index (χ1v) is 8.64. The summed E-state index contributed by atoms with van der Waals surface area (Å²) < 4.78 is 6.19. The second-order valence-corrected chi connectivity index (χ2v) is 7.72. The van der Waals surface area contributed by atoms with Gasteiger partial charge in [0.25, 0.3) is 0 Å². The number of benzene rings is 1. The lowest BCUT2D eigenvalue weighted by molar-refractivity contribution is -0.127. The molecule has 132 valence electrons. The summed E-state index contributed by atoms with van der Waals surface area (Å²) in [7, 11) is 0. The third-order valence-electron chi connectivity index (χ3n) is 3.69. The Balaban J connectivity index is 1.91. The maximum atomic E-state index is 12.3. The van der Waals surface area contributed by atoms with Crippen LogP contribution in [0.25, 0.3) is 0 Å². The van der Waals surface area contributed by atoms with Crippen LogP contribution < -0.4 is 5.32 Å². The van der Waals surface area contributed by atoms with Gasteiger partial charge in [-0.05, 0) is 32.4 Å². The van der Waals surface area contributed by atoms with E-state index in [1.165, 1.54) is 4.90 Å². The smallest absolute Gasteiger partial charge is 0.410 e. The fourth-order valence-corrected chi connectivity index (χ4v) is 2.90. The first-order valence-electron chi connectivity index (χ1n) is 7.84. The van der Waals surface area contributed by atoms with Crippen molar-refractivity contribution in [1.82, 2.24) is 10.2 Å². The molecule has 0 saturated carbocycles. The summed E-state index contributed by atoms with van der Waals surface area (Å²) in [6.07, 6.45) is -1.40. The molecule has 1 aromatic carbocycles. The first kappa shape index (κ1) is 18.7. The Labute approximate surface area is 150 Å². The minimum Gasteiger partial charge on any atom is -0.444 e. The van der Waals surface area contributed by atoms with E-state index in [0.717, 1.165) is 10.0 Å². The predicted octanol–water partition coefficient (Wildman–Crippen LogP) is 2.29. The van der Waals surface area contributed by atoms with Crippen molar-refractivity contribution in [3.05, 3.63) is 34.3 Å². The summed E-state index contributed by atoms with van der Waals surface area (Å²) in [6, 6.07) is 7.59. The molecule has 1 aromatic rings. The quantitative estimate of drug-likeness (QED) is 0.818. The van der Waals surface area contributed by atoms with Crippen molar-refractivity contribution in [2.24, 2.45) is 5.92 Å². The van der Waals surface area contributed by atoms with Gasteiger partial charge >= 0.3 is 6.09 Å². The standard InChI is InChI=1S/C17H23BrN2O4/c1-17(2,3)24-16(23)20-9-12(14(21)10-20)15(22)19-8-11-6-4-5-7-13(11)18/h4-7,12,14,21H,8-10H2,1-3H3,(H,19,22). The maximum Gasteiger partial charge on any atom is 0.410 e. The molecule has 1 aliphatic rings. The van der Waals surface area contributed by atoms with Gasteiger partial charge in [0.15, 0.2) is 0 Å². The Morgan fingerprint density at radius 1 is 1.33 bits per heavy atom. The number of β-amino-alcohol motifs (C(OH)–C–C–N with tert-alkyl or cyclic N) is 1. The van der Waals surface area contributed by atoms with E-state index in [-0.39, 0.29) is 19.0 Å². The summed E-state index contributed by atoms with van der Waals surface area (Å²) in [5.41, 5.74) is 0.337. The topological polar surface area (TPSA) is 78.9 Å². The second kappa shape index (κ2) is 7.53. The fraction of sp³-hybridized carbons (Fsp3) is 0.529. The number of nitrogens with one attached hydrogen (secondary N) is 1. The van der Waals surface area contributed by atoms with E-state index < -0.39 is 23.7 Å². The summed E-state index contributed by atoms with van der Waals surface area (Å²) >= 11 is 3.43. The van der Waals surface area contributed by atoms with Crippen LogP contribution in [0.15, 0.2) is 28.7 Å². The molecule has 1 aliphatic heterocycles. The highest BCUT2D eigenvalue weighted by atomic mass is 79.9. The molecule has 1 saturated heterocycles. The fourth-order valence-electron chi connectivity index (χ4n) is 2.48. The summed E-state index contributed by atoms with van der Waals surface area (Å²) in [4.78, 5) is 25.8. The molecule has 7 heteroatoms. The minimum atomic E-state index is -0.892. The van der Waals surface area contributed by atoms with Crippen LogP contribution >= 0.6 is 15.9 Å². The van der Waals surface area contributed by atoms with Gasteiger partial charge in [-0.25, -0.2) is 4.79 Å². The molecule has 0 bridgehead atoms. The summed E-state index contributed by atoms with van der Waals surface area (Å²) in [5.74, 6) is -0.927. The van der Waals surface area contributed by atoms with Gasteiger partial charge in [-0.1, -0.05) is 34.1 Å². The Morgan fingerprint density at radius 3 is 2.62 bits per heavy atom. The van der Waals surface area contributed by atoms with Crippen LogP contribution in [0.3, 0.4) is 0 Å². The molecule has 2 rings (SSSR count). The van der Waals surface area contributed by atoms with Crippen molar-refractivity contribution in [3.63, 3.8) is 0 Å². The number of rotatable bonds is 3. The lowest BCUT2D eigenvalue weighted by Gasteiger charge is -2.24. The van der Waals surface area contributed by atoms with Crippen molar-refractivity contribution in [2.75, 3.05) is 13.1 Å². The van der Waals surface area contributed by atoms with Crippen LogP contribution in [-0.4, -0.2) is 46.8 Å². The van der Waals surface area contributed by atoms with Crippen LogP contribution in [0.2, 0.25) is 0 Å². The number of likely N-dealkylation sites (tertiary alicyclic amines) is 1. The Bertz CT molecular complexity index is 615. The van der Waals surface area contributed by atoms with Crippen LogP contribution in [0.1, 0.15) is 26.3 Å². The average molecular weight is 399 g/mol. The molecule has 2 amide bonds. The SMILES string of the molecule is CC(C)(C)OC(=O)N1CC(O)C(C(=O)NCc2ccccc2Br)C1. The van der Waals surface area contributed by atoms with Crippen molar-refractivity contribution >= 4 is 27.9 Å². The van der Waals surface area contributed by atoms with Gasteiger partial charge in [0.05, 0.1) is 18.6 Å². The van der Waals surface area contributed by atoms with Crippen molar-refractivity contribution < 1.29 is 19.4 Å². The number of aliphatic hydroxyl groups is 1. The number of ether oxygens (including phenoxy) is 1. The number of amides is 2. The Hall–Kier alpha value is -1.60. The Kier molecular flexibility index (Phi) is 5.87. The van der Waals surface area contributed by atoms with Crippen molar-refractivity contribution in [3.8, 4) is 0 Å². The zero-order chi connectivity index (χ0) is 17.9. The number of halogens is 1. The van der Waals surface area contributed by atoms with Crippen LogP contribution in [-0.2, 0) is 16.1 Å². The van der Waals surface area contributed by atoms with Gasteiger partial charge in [0.1, 0.15) is 5.60 Å². The number of aliphatic hydroxyl groups excluding tert-OH is 1. The highest BCUT2D eigenvalue weighted by Crippen LogP contribution is 2.21. The number of carbonyl (C=O) groups excluding carboxylic acids is 2. The monoisotopic (exact) mass is 398 g/mol. The highest BCUT2D eigenvalue weighted by Gasteiger charge is 2.40. The lowest BCUT2D eigenvalue weighted by atomic mass is 10.1. The van der Waals surface area contributed by atoms with Crippen molar-refractivity contribution in [2.45, 2.75) is 39.0 Å². The van der Waals surface area contributed by atoms with E-state index in [1.807, 2.05) is 24.3 Å². The third-order valence-corrected chi connectivity index (χ3v) is 4.46. The molecular weight excluding hydrogens is 376 g/mol. The molecule has 24 heavy (non-hydrogen) atoms. The number of nitrogens with zero attached hydrogens (tertiary/aromatic N) is 1. The number of carbonyl (C=O) groups is 2. The van der Waals surface area contributed by atoms with Gasteiger partial charge in [0.2, 0.25) is 5.91 Å². The normalized spacial score (nSPS) is 20.8. The largest absolute Gasteiger partial charge is 0.444 e. The van der Waals surface area contributed by atoms with Crippen molar-refractivity contribution in [1.29, 1.82) is 0 Å². The van der Waals surface area contributed by atoms with E-state index in [4.69, 9.17) is 4.74 Å². The molecule has 2 unspecified atom stereocenters. The lowest BCUT2D eigenvalue weighted by Crippen LogP contribution is -2.38. The van der Waals surface area contributed by atoms with Gasteiger partial charge in [0, 0.05) is 17.6 Å². The minimum absolute atomic E-state index is 0.0992. The molecule has 1 fully saturated rings. The van der Waals surface area contributed by atoms with E-state index in [2.05, 4.69) is 21.2 Å². The summed E-state index contributed by atoms with van der Waals surface area (Å²) in [6.45, 7) is 5.94. The molecule has 0 spiro atoms. The van der Waals surface area contributed by atoms with E-state index in [0.29, 0.717) is 6.54 Å². The molecule has 0 aromatic heterocycles. The van der Waals surface area contributed by atoms with Gasteiger partial charge in [-0.3, -0.25) is 4.79 Å². The number of hydrogen-bond donors (Lipinski definition) is 2. The molecule has 6 nitrogen and oxygen atoms in total. The zero-order valence-electron chi connectivity index (χ0n) is 14.1. The molecule has 2 atom stereocenters. The van der Waals surface area contributed by atoms with Gasteiger partial charge in [-0.15, -0.1) is 0 Å².